The van der Waals surface area contributed by atoms with E-state index < -0.39 is 11.7 Å². The zero-order valence-electron chi connectivity index (χ0n) is 10.3. The predicted molar refractivity (Wildman–Crippen MR) is 68.7 cm³/mol. The molecule has 0 aliphatic carbocycles. The number of carbonyl (C=O) groups is 1. The van der Waals surface area contributed by atoms with Crippen LogP contribution < -0.4 is 5.56 Å². The van der Waals surface area contributed by atoms with Crippen molar-refractivity contribution in [1.29, 1.82) is 5.26 Å². The Balaban J connectivity index is 2.43. The quantitative estimate of drug-likeness (QED) is 0.841. The Bertz CT molecular complexity index is 699. The molecule has 1 N–H and O–H groups in total. The molecule has 2 aromatic heterocycles. The molecule has 0 aromatic carbocycles. The van der Waals surface area contributed by atoms with Gasteiger partial charge in [0, 0.05) is 23.5 Å². The molecule has 2 rings (SSSR count). The van der Waals surface area contributed by atoms with Crippen LogP contribution >= 0.6 is 0 Å². The summed E-state index contributed by atoms with van der Waals surface area (Å²) in [7, 11) is 0. The number of pyridine rings is 2. The second-order valence-electron chi connectivity index (χ2n) is 4.10. The summed E-state index contributed by atoms with van der Waals surface area (Å²) in [6.07, 6.45) is 1.52. The lowest BCUT2D eigenvalue weighted by Gasteiger charge is -2.07. The number of ketones is 1. The van der Waals surface area contributed by atoms with Crippen LogP contribution in [0.2, 0.25) is 0 Å². The monoisotopic (exact) mass is 253 g/mol. The molecule has 19 heavy (non-hydrogen) atoms. The van der Waals surface area contributed by atoms with E-state index in [9.17, 15) is 9.59 Å². The van der Waals surface area contributed by atoms with Gasteiger partial charge in [-0.15, -0.1) is 0 Å². The van der Waals surface area contributed by atoms with Crippen LogP contribution in [0.4, 0.5) is 0 Å². The molecule has 0 saturated carbocycles. The SMILES string of the molecule is Cc1cc(C(=O)[C@@H](C#N)c2ccccn2)cc(=O)[nH]1. The van der Waals surface area contributed by atoms with Crippen molar-refractivity contribution in [2.24, 2.45) is 0 Å². The second kappa shape index (κ2) is 5.27. The Morgan fingerprint density at radius 1 is 1.42 bits per heavy atom. The summed E-state index contributed by atoms with van der Waals surface area (Å²) in [5.41, 5.74) is 0.820. The van der Waals surface area contributed by atoms with E-state index in [0.717, 1.165) is 0 Å². The first-order chi connectivity index (χ1) is 9.11. The number of Topliss-reactive ketones (excluding diaryl/α,β-unsaturated/α-hetero) is 1. The molecule has 1 atom stereocenters. The molecule has 2 aromatic rings. The average Bonchev–Trinajstić information content (AvgIpc) is 2.39. The highest BCUT2D eigenvalue weighted by Crippen LogP contribution is 2.17. The number of nitriles is 1. The predicted octanol–water partition coefficient (Wildman–Crippen LogP) is 1.57. The smallest absolute Gasteiger partial charge is 0.248 e. The fourth-order valence-electron chi connectivity index (χ4n) is 1.80. The molecule has 0 unspecified atom stereocenters. The van der Waals surface area contributed by atoms with Gasteiger partial charge in [-0.3, -0.25) is 14.6 Å². The molecule has 0 saturated heterocycles. The molecular formula is C14H11N3O2. The normalized spacial score (nSPS) is 11.6. The number of nitrogens with one attached hydrogen (secondary N) is 1. The van der Waals surface area contributed by atoms with Gasteiger partial charge in [0.2, 0.25) is 5.56 Å². The van der Waals surface area contributed by atoms with E-state index in [1.165, 1.54) is 12.3 Å². The fraction of sp³-hybridized carbons (Fsp3) is 0.143. The van der Waals surface area contributed by atoms with Crippen molar-refractivity contribution in [2.75, 3.05) is 0 Å². The number of rotatable bonds is 3. The van der Waals surface area contributed by atoms with Crippen molar-refractivity contribution < 1.29 is 4.79 Å². The van der Waals surface area contributed by atoms with E-state index in [2.05, 4.69) is 9.97 Å². The maximum Gasteiger partial charge on any atom is 0.248 e. The first-order valence-electron chi connectivity index (χ1n) is 5.67. The largest absolute Gasteiger partial charge is 0.326 e. The van der Waals surface area contributed by atoms with Gasteiger partial charge >= 0.3 is 0 Å². The minimum Gasteiger partial charge on any atom is -0.326 e. The third-order valence-electron chi connectivity index (χ3n) is 2.64. The molecule has 2 heterocycles. The van der Waals surface area contributed by atoms with Crippen LogP contribution in [0, 0.1) is 18.3 Å². The lowest BCUT2D eigenvalue weighted by Crippen LogP contribution is -2.16. The third-order valence-corrected chi connectivity index (χ3v) is 2.64. The van der Waals surface area contributed by atoms with Gasteiger partial charge in [-0.25, -0.2) is 0 Å². The number of hydrogen-bond donors (Lipinski definition) is 1. The highest BCUT2D eigenvalue weighted by Gasteiger charge is 2.23. The molecule has 0 spiro atoms. The average molecular weight is 253 g/mol. The summed E-state index contributed by atoms with van der Waals surface area (Å²) in [6.45, 7) is 1.68. The summed E-state index contributed by atoms with van der Waals surface area (Å²) in [6, 6.07) is 9.72. The number of hydrogen-bond acceptors (Lipinski definition) is 4. The molecule has 94 valence electrons. The second-order valence-corrected chi connectivity index (χ2v) is 4.10. The van der Waals surface area contributed by atoms with Crippen LogP contribution in [0.3, 0.4) is 0 Å². The Labute approximate surface area is 109 Å². The first kappa shape index (κ1) is 12.7. The lowest BCUT2D eigenvalue weighted by molar-refractivity contribution is 0.0977. The van der Waals surface area contributed by atoms with Gasteiger partial charge in [0.15, 0.2) is 11.7 Å². The van der Waals surface area contributed by atoms with Crippen molar-refractivity contribution in [3.8, 4) is 6.07 Å². The molecule has 0 aliphatic heterocycles. The Kier molecular flexibility index (Phi) is 3.53. The number of nitrogens with zero attached hydrogens (tertiary/aromatic N) is 2. The summed E-state index contributed by atoms with van der Waals surface area (Å²) < 4.78 is 0. The molecule has 0 bridgehead atoms. The van der Waals surface area contributed by atoms with E-state index in [1.807, 2.05) is 6.07 Å². The van der Waals surface area contributed by atoms with Gasteiger partial charge in [-0.2, -0.15) is 5.26 Å². The van der Waals surface area contributed by atoms with E-state index in [0.29, 0.717) is 11.4 Å². The number of aromatic amines is 1. The number of aromatic nitrogens is 2. The van der Waals surface area contributed by atoms with Crippen molar-refractivity contribution in [1.82, 2.24) is 9.97 Å². The number of H-pyrrole nitrogens is 1. The van der Waals surface area contributed by atoms with Crippen LogP contribution in [0.1, 0.15) is 27.7 Å². The fourth-order valence-corrected chi connectivity index (χ4v) is 1.80. The summed E-state index contributed by atoms with van der Waals surface area (Å²) in [5, 5.41) is 9.15. The minimum absolute atomic E-state index is 0.221. The van der Waals surface area contributed by atoms with Crippen molar-refractivity contribution in [3.63, 3.8) is 0 Å². The molecule has 0 amide bonds. The standard InChI is InChI=1S/C14H11N3O2/c1-9-6-10(7-13(18)17-9)14(19)11(8-15)12-4-2-3-5-16-12/h2-7,11H,1H3,(H,17,18)/t11-/m0/s1. The van der Waals surface area contributed by atoms with Gasteiger partial charge in [-0.05, 0) is 25.1 Å². The first-order valence-corrected chi connectivity index (χ1v) is 5.67. The van der Waals surface area contributed by atoms with Crippen molar-refractivity contribution >= 4 is 5.78 Å². The third kappa shape index (κ3) is 2.75. The van der Waals surface area contributed by atoms with Crippen molar-refractivity contribution in [3.05, 3.63) is 63.8 Å². The summed E-state index contributed by atoms with van der Waals surface area (Å²) in [4.78, 5) is 30.2. The van der Waals surface area contributed by atoms with Crippen LogP contribution in [-0.4, -0.2) is 15.8 Å². The molecule has 0 radical (unpaired) electrons. The summed E-state index contributed by atoms with van der Waals surface area (Å²) in [5.74, 6) is -1.42. The molecule has 0 fully saturated rings. The minimum atomic E-state index is -0.998. The van der Waals surface area contributed by atoms with E-state index in [1.54, 1.807) is 31.2 Å². The Morgan fingerprint density at radius 3 is 2.79 bits per heavy atom. The van der Waals surface area contributed by atoms with Crippen LogP contribution in [0.5, 0.6) is 0 Å². The van der Waals surface area contributed by atoms with Crippen molar-refractivity contribution in [2.45, 2.75) is 12.8 Å². The highest BCUT2D eigenvalue weighted by atomic mass is 16.1. The van der Waals surface area contributed by atoms with Gasteiger partial charge in [0.25, 0.3) is 0 Å². The van der Waals surface area contributed by atoms with Gasteiger partial charge in [0.05, 0.1) is 11.8 Å². The van der Waals surface area contributed by atoms with Gasteiger partial charge in [-0.1, -0.05) is 6.07 Å². The van der Waals surface area contributed by atoms with Crippen LogP contribution in [0.25, 0.3) is 0 Å². The zero-order valence-corrected chi connectivity index (χ0v) is 10.3. The van der Waals surface area contributed by atoms with E-state index in [-0.39, 0.29) is 11.1 Å². The number of aryl methyl sites for hydroxylation is 1. The van der Waals surface area contributed by atoms with Crippen LogP contribution in [-0.2, 0) is 0 Å². The van der Waals surface area contributed by atoms with Gasteiger partial charge < -0.3 is 4.98 Å². The maximum absolute atomic E-state index is 12.3. The zero-order chi connectivity index (χ0) is 13.8. The number of carbonyl (C=O) groups excluding carboxylic acids is 1. The summed E-state index contributed by atoms with van der Waals surface area (Å²) >= 11 is 0. The van der Waals surface area contributed by atoms with E-state index in [4.69, 9.17) is 5.26 Å². The Morgan fingerprint density at radius 2 is 2.21 bits per heavy atom. The lowest BCUT2D eigenvalue weighted by atomic mass is 9.95. The topological polar surface area (TPSA) is 86.6 Å². The molecular weight excluding hydrogens is 242 g/mol. The van der Waals surface area contributed by atoms with Gasteiger partial charge in [0.1, 0.15) is 0 Å². The molecule has 5 nitrogen and oxygen atoms in total. The van der Waals surface area contributed by atoms with Crippen LogP contribution in [0.15, 0.2) is 41.3 Å². The van der Waals surface area contributed by atoms with E-state index >= 15 is 0 Å². The Hall–Kier alpha value is -2.74. The maximum atomic E-state index is 12.3. The molecule has 0 aliphatic rings. The highest BCUT2D eigenvalue weighted by molar-refractivity contribution is 6.02. The molecule has 5 heteroatoms.